The summed E-state index contributed by atoms with van der Waals surface area (Å²) in [5.41, 5.74) is 7.40. The molecular weight excluding hydrogens is 531 g/mol. The number of aromatic nitrogens is 2. The van der Waals surface area contributed by atoms with Crippen molar-refractivity contribution < 1.29 is 9.18 Å². The van der Waals surface area contributed by atoms with Gasteiger partial charge in [-0.3, -0.25) is 4.79 Å². The number of fused-ring (bicyclic) bond motifs is 1. The van der Waals surface area contributed by atoms with Crippen molar-refractivity contribution in [3.63, 3.8) is 0 Å². The first kappa shape index (κ1) is 29.4. The van der Waals surface area contributed by atoms with E-state index in [2.05, 4.69) is 45.2 Å². The fourth-order valence-electron chi connectivity index (χ4n) is 6.03. The summed E-state index contributed by atoms with van der Waals surface area (Å²) in [6.45, 7) is 14.4. The third-order valence-corrected chi connectivity index (χ3v) is 8.57. The summed E-state index contributed by atoms with van der Waals surface area (Å²) in [7, 11) is 3.70. The van der Waals surface area contributed by atoms with Gasteiger partial charge in [-0.1, -0.05) is 24.8 Å². The molecule has 9 nitrogen and oxygen atoms in total. The van der Waals surface area contributed by atoms with E-state index in [0.29, 0.717) is 53.8 Å². The molecule has 2 aliphatic heterocycles. The molecule has 2 N–H and O–H groups in total. The molecule has 10 heteroatoms. The van der Waals surface area contributed by atoms with E-state index in [-0.39, 0.29) is 23.8 Å². The number of carbonyl (C=O) groups excluding carboxylic acids is 1. The zero-order valence-electron chi connectivity index (χ0n) is 25.4. The molecule has 0 spiro atoms. The van der Waals surface area contributed by atoms with E-state index >= 15 is 4.39 Å². The zero-order chi connectivity index (χ0) is 30.1. The molecule has 1 aromatic heterocycles. The van der Waals surface area contributed by atoms with Crippen molar-refractivity contribution in [3.05, 3.63) is 65.0 Å². The number of hydrazone groups is 1. The van der Waals surface area contributed by atoms with Crippen LogP contribution in [0, 0.1) is 12.7 Å². The van der Waals surface area contributed by atoms with Gasteiger partial charge in [0, 0.05) is 62.3 Å². The smallest absolute Gasteiger partial charge is 0.246 e. The number of hydrogen-bond donors (Lipinski definition) is 2. The zero-order valence-corrected chi connectivity index (χ0v) is 25.4. The third-order valence-electron chi connectivity index (χ3n) is 8.57. The van der Waals surface area contributed by atoms with Gasteiger partial charge in [0.1, 0.15) is 11.3 Å². The number of aryl methyl sites for hydroxylation is 1. The number of allylic oxidation sites excluding steroid dienone is 6. The predicted octanol–water partition coefficient (Wildman–Crippen LogP) is 3.96. The van der Waals surface area contributed by atoms with Crippen LogP contribution in [0.2, 0.25) is 0 Å². The van der Waals surface area contributed by atoms with Gasteiger partial charge in [-0.2, -0.15) is 10.1 Å². The predicted molar refractivity (Wildman–Crippen MR) is 169 cm³/mol. The summed E-state index contributed by atoms with van der Waals surface area (Å²) in [4.78, 5) is 28.5. The van der Waals surface area contributed by atoms with Gasteiger partial charge in [-0.25, -0.2) is 9.37 Å². The number of piperazine rings is 1. The molecule has 222 valence electrons. The summed E-state index contributed by atoms with van der Waals surface area (Å²) in [6.07, 6.45) is 9.77. The Morgan fingerprint density at radius 2 is 1.88 bits per heavy atom. The lowest BCUT2D eigenvalue weighted by Gasteiger charge is -2.45. The van der Waals surface area contributed by atoms with Gasteiger partial charge in [0.15, 0.2) is 5.82 Å². The minimum absolute atomic E-state index is 0.0275. The number of amides is 1. The van der Waals surface area contributed by atoms with Crippen molar-refractivity contribution in [2.24, 2.45) is 5.10 Å². The van der Waals surface area contributed by atoms with Gasteiger partial charge in [-0.15, -0.1) is 0 Å². The third kappa shape index (κ3) is 5.43. The fourth-order valence-corrected chi connectivity index (χ4v) is 6.03. The van der Waals surface area contributed by atoms with Crippen LogP contribution in [0.1, 0.15) is 38.3 Å². The minimum atomic E-state index is -0.328. The average Bonchev–Trinajstić information content (AvgIpc) is 3.13. The molecule has 0 bridgehead atoms. The van der Waals surface area contributed by atoms with Gasteiger partial charge in [0.25, 0.3) is 0 Å². The van der Waals surface area contributed by atoms with Crippen LogP contribution < -0.4 is 20.5 Å². The SMILES string of the molecule is C=CC(=O)N1C[C@H](C)N(c2nc(N3CC(NC)C3)nc3c(F)c(C4=C(C)C=CC(/C=N\NC)=CC4)c(C)cc23)C[C@H]1C. The van der Waals surface area contributed by atoms with E-state index in [4.69, 9.17) is 9.97 Å². The largest absolute Gasteiger partial charge is 0.349 e. The van der Waals surface area contributed by atoms with E-state index < -0.39 is 0 Å². The Bertz CT molecular complexity index is 1520. The van der Waals surface area contributed by atoms with Crippen molar-refractivity contribution in [1.29, 1.82) is 0 Å². The molecule has 1 aliphatic carbocycles. The highest BCUT2D eigenvalue weighted by Crippen LogP contribution is 2.39. The molecule has 3 aliphatic rings. The van der Waals surface area contributed by atoms with Crippen LogP contribution in [0.15, 0.2) is 53.2 Å². The van der Waals surface area contributed by atoms with Crippen molar-refractivity contribution in [2.75, 3.05) is 50.1 Å². The number of rotatable bonds is 7. The van der Waals surface area contributed by atoms with Crippen molar-refractivity contribution in [2.45, 2.75) is 52.2 Å². The molecule has 42 heavy (non-hydrogen) atoms. The highest BCUT2D eigenvalue weighted by Gasteiger charge is 2.35. The monoisotopic (exact) mass is 572 g/mol. The first-order valence-corrected chi connectivity index (χ1v) is 14.6. The molecule has 0 radical (unpaired) electrons. The molecule has 0 saturated carbocycles. The standard InChI is InChI=1S/C32H41FN8O/c1-8-27(42)40-15-22(5)41(16-21(40)4)31-26-13-20(3)28(25-12-11-23(14-36-35-7)10-9-19(25)2)29(33)30(26)37-32(38-31)39-17-24(18-39)34-6/h8-11,13-14,21-22,24,34-35H,1,12,15-18H2,2-7H3/b36-14-/t21-,22+/m1/s1. The highest BCUT2D eigenvalue weighted by molar-refractivity contribution is 5.96. The lowest BCUT2D eigenvalue weighted by molar-refractivity contribution is -0.128. The lowest BCUT2D eigenvalue weighted by atomic mass is 9.92. The maximum absolute atomic E-state index is 16.8. The first-order valence-electron chi connectivity index (χ1n) is 14.6. The molecule has 1 aromatic carbocycles. The lowest BCUT2D eigenvalue weighted by Crippen LogP contribution is -2.59. The Labute approximate surface area is 247 Å². The molecule has 0 unspecified atom stereocenters. The summed E-state index contributed by atoms with van der Waals surface area (Å²) < 4.78 is 16.8. The molecule has 2 atom stereocenters. The Kier molecular flexibility index (Phi) is 8.45. The van der Waals surface area contributed by atoms with Gasteiger partial charge in [-0.05, 0) is 75.6 Å². The molecule has 5 rings (SSSR count). The van der Waals surface area contributed by atoms with E-state index in [1.54, 1.807) is 13.3 Å². The Morgan fingerprint density at radius 1 is 1.12 bits per heavy atom. The van der Waals surface area contributed by atoms with E-state index in [9.17, 15) is 4.79 Å². The number of carbonyl (C=O) groups is 1. The van der Waals surface area contributed by atoms with Crippen LogP contribution >= 0.6 is 0 Å². The van der Waals surface area contributed by atoms with Crippen LogP contribution in [-0.4, -0.2) is 85.4 Å². The minimum Gasteiger partial charge on any atom is -0.349 e. The normalized spacial score (nSPS) is 21.6. The topological polar surface area (TPSA) is 89.0 Å². The Hall–Kier alpha value is -4.05. The van der Waals surface area contributed by atoms with Crippen molar-refractivity contribution in [3.8, 4) is 0 Å². The van der Waals surface area contributed by atoms with Crippen LogP contribution in [0.3, 0.4) is 0 Å². The van der Waals surface area contributed by atoms with Gasteiger partial charge < -0.3 is 25.4 Å². The highest BCUT2D eigenvalue weighted by atomic mass is 19.1. The second-order valence-corrected chi connectivity index (χ2v) is 11.4. The fraction of sp³-hybridized carbons (Fsp3) is 0.438. The number of benzene rings is 1. The van der Waals surface area contributed by atoms with Gasteiger partial charge in [0.2, 0.25) is 11.9 Å². The Morgan fingerprint density at radius 3 is 2.57 bits per heavy atom. The molecule has 3 heterocycles. The maximum Gasteiger partial charge on any atom is 0.246 e. The quantitative estimate of drug-likeness (QED) is 0.295. The molecule has 2 fully saturated rings. The molecule has 2 aromatic rings. The number of likely N-dealkylation sites (N-methyl/N-ethyl adjacent to an activating group) is 1. The average molecular weight is 573 g/mol. The molecular formula is C32H41FN8O. The second-order valence-electron chi connectivity index (χ2n) is 11.4. The number of hydrogen-bond acceptors (Lipinski definition) is 8. The number of halogens is 1. The number of anilines is 2. The first-order chi connectivity index (χ1) is 20.2. The maximum atomic E-state index is 16.8. The van der Waals surface area contributed by atoms with Gasteiger partial charge in [0.05, 0.1) is 6.21 Å². The van der Waals surface area contributed by atoms with E-state index in [1.165, 1.54) is 6.08 Å². The van der Waals surface area contributed by atoms with E-state index in [0.717, 1.165) is 35.4 Å². The number of nitrogens with one attached hydrogen (secondary N) is 2. The Balaban J connectivity index is 1.63. The van der Waals surface area contributed by atoms with Crippen LogP contribution in [-0.2, 0) is 4.79 Å². The summed E-state index contributed by atoms with van der Waals surface area (Å²) in [6, 6.07) is 2.29. The second kappa shape index (κ2) is 12.1. The molecule has 1 amide bonds. The number of nitrogens with zero attached hydrogens (tertiary/aromatic N) is 6. The van der Waals surface area contributed by atoms with Crippen LogP contribution in [0.25, 0.3) is 16.5 Å². The molecule has 2 saturated heterocycles. The summed E-state index contributed by atoms with van der Waals surface area (Å²) in [5.74, 6) is 0.825. The van der Waals surface area contributed by atoms with Crippen LogP contribution in [0.5, 0.6) is 0 Å². The van der Waals surface area contributed by atoms with Crippen molar-refractivity contribution in [1.82, 2.24) is 25.6 Å². The van der Waals surface area contributed by atoms with Gasteiger partial charge >= 0.3 is 0 Å². The summed E-state index contributed by atoms with van der Waals surface area (Å²) in [5, 5.41) is 8.10. The van der Waals surface area contributed by atoms with Crippen molar-refractivity contribution >= 4 is 40.4 Å². The van der Waals surface area contributed by atoms with Crippen LogP contribution in [0.4, 0.5) is 16.2 Å². The summed E-state index contributed by atoms with van der Waals surface area (Å²) >= 11 is 0. The van der Waals surface area contributed by atoms with E-state index in [1.807, 2.05) is 50.9 Å².